The maximum Gasteiger partial charge on any atom is 0.332 e. The van der Waals surface area contributed by atoms with Gasteiger partial charge in [-0.25, -0.2) is 9.98 Å². The van der Waals surface area contributed by atoms with Crippen molar-refractivity contribution >= 4 is 65.9 Å². The van der Waals surface area contributed by atoms with Gasteiger partial charge in [0.25, 0.3) is 0 Å². The second-order valence-corrected chi connectivity index (χ2v) is 8.96. The zero-order chi connectivity index (χ0) is 23.5. The number of carboxylic acids is 1. The predicted molar refractivity (Wildman–Crippen MR) is 132 cm³/mol. The predicted octanol–water partition coefficient (Wildman–Crippen LogP) is 3.74. The number of nitrogens with one attached hydrogen (secondary N) is 2. The van der Waals surface area contributed by atoms with Crippen molar-refractivity contribution in [3.8, 4) is 0 Å². The highest BCUT2D eigenvalue weighted by molar-refractivity contribution is 8.26. The summed E-state index contributed by atoms with van der Waals surface area (Å²) in [6.07, 6.45) is 0.703. The number of hydrogen-bond acceptors (Lipinski definition) is 8. The Bertz CT molecular complexity index is 1080. The van der Waals surface area contributed by atoms with E-state index in [-0.39, 0.29) is 18.0 Å². The van der Waals surface area contributed by atoms with Crippen LogP contribution in [0, 0.1) is 0 Å². The quantitative estimate of drug-likeness (QED) is 0.221. The van der Waals surface area contributed by atoms with Crippen molar-refractivity contribution in [3.05, 3.63) is 48.0 Å². The van der Waals surface area contributed by atoms with Crippen LogP contribution in [0.25, 0.3) is 10.2 Å². The lowest BCUT2D eigenvalue weighted by molar-refractivity contribution is -0.321. The van der Waals surface area contributed by atoms with E-state index in [4.69, 9.17) is 15.9 Å². The molecule has 0 aliphatic heterocycles. The molecular formula is C22H27N4O4S2+. The van der Waals surface area contributed by atoms with Gasteiger partial charge in [0.1, 0.15) is 5.52 Å². The summed E-state index contributed by atoms with van der Waals surface area (Å²) in [5.74, 6) is -0.974. The molecule has 3 aromatic rings. The Morgan fingerprint density at radius 2 is 1.88 bits per heavy atom. The van der Waals surface area contributed by atoms with Gasteiger partial charge in [0.05, 0.1) is 28.4 Å². The van der Waals surface area contributed by atoms with Crippen molar-refractivity contribution in [2.24, 2.45) is 4.99 Å². The topological polar surface area (TPSA) is 139 Å². The average Bonchev–Trinajstić information content (AvgIpc) is 3.16. The van der Waals surface area contributed by atoms with Crippen LogP contribution in [0.3, 0.4) is 0 Å². The summed E-state index contributed by atoms with van der Waals surface area (Å²) in [4.78, 5) is 30.0. The molecule has 0 atom stereocenters. The summed E-state index contributed by atoms with van der Waals surface area (Å²) in [6, 6.07) is 13.7. The molecule has 0 amide bonds. The number of aliphatic hydroxyl groups excluding tert-OH is 1. The number of carboxylic acid groups (broad SMARTS) is 1. The maximum atomic E-state index is 11.7. The molecular weight excluding hydrogens is 448 g/mol. The third-order valence-corrected chi connectivity index (χ3v) is 6.02. The van der Waals surface area contributed by atoms with Gasteiger partial charge in [0, 0.05) is 25.6 Å². The Morgan fingerprint density at radius 3 is 2.56 bits per heavy atom. The number of carbonyl (C=O) groups is 2. The van der Waals surface area contributed by atoms with Crippen LogP contribution in [0.4, 0.5) is 16.5 Å². The SMILES string of the molecule is CC(=Nc1ccc(CCNc2[nH+]c3ccc(N)cc3s2)cc1)SC(=O)CCC(=O)O.CO. The molecule has 170 valence electrons. The highest BCUT2D eigenvalue weighted by atomic mass is 32.2. The molecule has 0 aliphatic rings. The molecule has 0 radical (unpaired) electrons. The third-order valence-electron chi connectivity index (χ3n) is 4.19. The van der Waals surface area contributed by atoms with Gasteiger partial charge in [-0.05, 0) is 65.9 Å². The normalized spacial score (nSPS) is 11.0. The van der Waals surface area contributed by atoms with E-state index >= 15 is 0 Å². The fourth-order valence-electron chi connectivity index (χ4n) is 2.75. The molecule has 0 bridgehead atoms. The number of nitrogens with two attached hydrogens (primary N) is 1. The molecule has 1 aromatic heterocycles. The van der Waals surface area contributed by atoms with Crippen molar-refractivity contribution in [2.45, 2.75) is 26.2 Å². The number of aromatic amines is 1. The maximum absolute atomic E-state index is 11.7. The molecule has 0 fully saturated rings. The Kier molecular flexibility index (Phi) is 10.1. The Labute approximate surface area is 194 Å². The molecule has 3 rings (SSSR count). The van der Waals surface area contributed by atoms with Gasteiger partial charge in [-0.3, -0.25) is 14.9 Å². The van der Waals surface area contributed by atoms with E-state index in [1.165, 1.54) is 5.56 Å². The summed E-state index contributed by atoms with van der Waals surface area (Å²) >= 11 is 2.62. The van der Waals surface area contributed by atoms with Crippen LogP contribution >= 0.6 is 23.1 Å². The Balaban J connectivity index is 0.00000176. The zero-order valence-corrected chi connectivity index (χ0v) is 19.6. The molecule has 2 aromatic carbocycles. The van der Waals surface area contributed by atoms with E-state index in [2.05, 4.69) is 15.3 Å². The lowest BCUT2D eigenvalue weighted by Crippen LogP contribution is -2.11. The van der Waals surface area contributed by atoms with Crippen LogP contribution in [0.1, 0.15) is 25.3 Å². The number of fused-ring (bicyclic) bond motifs is 1. The van der Waals surface area contributed by atoms with Crippen LogP contribution in [0.15, 0.2) is 47.5 Å². The average molecular weight is 476 g/mol. The van der Waals surface area contributed by atoms with Gasteiger partial charge in [0.2, 0.25) is 0 Å². The van der Waals surface area contributed by atoms with Gasteiger partial charge in [-0.1, -0.05) is 12.1 Å². The number of aromatic nitrogens is 1. The van der Waals surface area contributed by atoms with E-state index in [0.29, 0.717) is 5.04 Å². The van der Waals surface area contributed by atoms with Crippen LogP contribution in [-0.4, -0.2) is 40.0 Å². The first-order chi connectivity index (χ1) is 15.4. The van der Waals surface area contributed by atoms with Crippen LogP contribution in [-0.2, 0) is 16.0 Å². The van der Waals surface area contributed by atoms with Crippen molar-refractivity contribution in [1.29, 1.82) is 0 Å². The first-order valence-corrected chi connectivity index (χ1v) is 11.5. The summed E-state index contributed by atoms with van der Waals surface area (Å²) in [6.45, 7) is 2.53. The van der Waals surface area contributed by atoms with Gasteiger partial charge >= 0.3 is 11.1 Å². The number of aliphatic carboxylic acids is 1. The molecule has 0 unspecified atom stereocenters. The Morgan fingerprint density at radius 1 is 1.16 bits per heavy atom. The van der Waals surface area contributed by atoms with Gasteiger partial charge in [-0.15, -0.1) is 0 Å². The second kappa shape index (κ2) is 12.8. The van der Waals surface area contributed by atoms with E-state index in [1.807, 2.05) is 42.5 Å². The summed E-state index contributed by atoms with van der Waals surface area (Å²) in [5.41, 5.74) is 9.58. The minimum absolute atomic E-state index is 0.00339. The number of rotatable bonds is 8. The van der Waals surface area contributed by atoms with Crippen LogP contribution in [0.5, 0.6) is 0 Å². The molecule has 6 N–H and O–H groups in total. The van der Waals surface area contributed by atoms with Crippen molar-refractivity contribution < 1.29 is 24.8 Å². The van der Waals surface area contributed by atoms with Crippen molar-refractivity contribution in [2.75, 3.05) is 24.7 Å². The number of anilines is 2. The van der Waals surface area contributed by atoms with E-state index in [1.54, 1.807) is 18.3 Å². The monoisotopic (exact) mass is 475 g/mol. The molecule has 0 saturated carbocycles. The zero-order valence-electron chi connectivity index (χ0n) is 17.9. The standard InChI is InChI=1S/C21H22N4O3S2.CH4O/c1-13(29-20(28)9-8-19(26)27)24-16-5-2-14(3-6-16)10-11-23-21-25-17-7-4-15(22)12-18(17)30-21;1-2/h2-7,12H,8-11,22H2,1H3,(H,23,25)(H,26,27);2H,1H3/p+1. The number of nitrogen functional groups attached to an aromatic ring is 1. The number of benzene rings is 2. The molecule has 0 spiro atoms. The lowest BCUT2D eigenvalue weighted by Gasteiger charge is -2.02. The first-order valence-electron chi connectivity index (χ1n) is 9.86. The molecule has 10 heteroatoms. The van der Waals surface area contributed by atoms with E-state index < -0.39 is 5.97 Å². The second-order valence-electron chi connectivity index (χ2n) is 6.65. The fourth-order valence-corrected chi connectivity index (χ4v) is 4.42. The number of hydrogen-bond donors (Lipinski definition) is 4. The van der Waals surface area contributed by atoms with Crippen LogP contribution in [0.2, 0.25) is 0 Å². The van der Waals surface area contributed by atoms with Crippen molar-refractivity contribution in [1.82, 2.24) is 0 Å². The number of nitrogens with zero attached hydrogens (tertiary/aromatic N) is 1. The molecule has 8 nitrogen and oxygen atoms in total. The molecule has 0 saturated heterocycles. The molecule has 1 heterocycles. The number of aliphatic hydroxyl groups is 1. The number of carbonyl (C=O) groups excluding carboxylic acids is 1. The highest BCUT2D eigenvalue weighted by Gasteiger charge is 2.10. The minimum atomic E-state index is -0.974. The van der Waals surface area contributed by atoms with Gasteiger partial charge < -0.3 is 15.9 Å². The smallest absolute Gasteiger partial charge is 0.332 e. The summed E-state index contributed by atoms with van der Waals surface area (Å²) in [7, 11) is 1.00. The van der Waals surface area contributed by atoms with Crippen LogP contribution < -0.4 is 16.0 Å². The minimum Gasteiger partial charge on any atom is -0.481 e. The largest absolute Gasteiger partial charge is 0.481 e. The molecule has 0 aliphatic carbocycles. The van der Waals surface area contributed by atoms with E-state index in [0.717, 1.165) is 58.6 Å². The number of thiazole rings is 1. The summed E-state index contributed by atoms with van der Waals surface area (Å²) < 4.78 is 1.12. The number of aliphatic imine (C=N–C) groups is 1. The lowest BCUT2D eigenvalue weighted by atomic mass is 10.1. The van der Waals surface area contributed by atoms with Gasteiger partial charge in [-0.2, -0.15) is 0 Å². The number of H-pyrrole nitrogens is 1. The third kappa shape index (κ3) is 8.29. The highest BCUT2D eigenvalue weighted by Crippen LogP contribution is 2.24. The van der Waals surface area contributed by atoms with Crippen molar-refractivity contribution in [3.63, 3.8) is 0 Å². The Hall–Kier alpha value is -2.95. The summed E-state index contributed by atoms with van der Waals surface area (Å²) in [5, 5.41) is 20.4. The first kappa shape index (κ1) is 25.3. The van der Waals surface area contributed by atoms with Gasteiger partial charge in [0.15, 0.2) is 5.12 Å². The molecule has 32 heavy (non-hydrogen) atoms. The van der Waals surface area contributed by atoms with E-state index in [9.17, 15) is 9.59 Å². The fraction of sp³-hybridized carbons (Fsp3) is 0.273. The number of thioether (sulfide) groups is 1.